The van der Waals surface area contributed by atoms with E-state index < -0.39 is 0 Å². The summed E-state index contributed by atoms with van der Waals surface area (Å²) in [4.78, 5) is 11.4. The molecular formula is C13H16N2O2. The number of nitrogens with one attached hydrogen (secondary N) is 1. The normalized spacial score (nSPS) is 11.6. The molecule has 0 aliphatic carbocycles. The van der Waals surface area contributed by atoms with Crippen molar-refractivity contribution in [1.82, 2.24) is 5.32 Å². The largest absolute Gasteiger partial charge is 0.465 e. The second kappa shape index (κ2) is 6.66. The first-order chi connectivity index (χ1) is 8.19. The van der Waals surface area contributed by atoms with Crippen molar-refractivity contribution in [2.45, 2.75) is 26.4 Å². The number of carbonyl (C=O) groups is 1. The smallest absolute Gasteiger partial charge is 0.322 e. The Kier molecular flexibility index (Phi) is 5.18. The van der Waals surface area contributed by atoms with E-state index in [0.29, 0.717) is 18.7 Å². The molecule has 0 saturated carbocycles. The van der Waals surface area contributed by atoms with Gasteiger partial charge in [-0.1, -0.05) is 18.2 Å². The highest BCUT2D eigenvalue weighted by Crippen LogP contribution is 2.07. The molecule has 0 fully saturated rings. The zero-order chi connectivity index (χ0) is 12.7. The molecule has 0 aliphatic heterocycles. The van der Waals surface area contributed by atoms with E-state index in [1.807, 2.05) is 18.2 Å². The molecule has 4 heteroatoms. The lowest BCUT2D eigenvalue weighted by Gasteiger charge is -2.12. The van der Waals surface area contributed by atoms with Crippen LogP contribution >= 0.6 is 0 Å². The average Bonchev–Trinajstić information content (AvgIpc) is 2.36. The SMILES string of the molecule is CCOC(=O)C(C)NCc1ccccc1C#N. The third-order valence-electron chi connectivity index (χ3n) is 2.38. The molecule has 1 unspecified atom stereocenters. The van der Waals surface area contributed by atoms with Crippen LogP contribution in [0.1, 0.15) is 25.0 Å². The van der Waals surface area contributed by atoms with Gasteiger partial charge >= 0.3 is 5.97 Å². The fourth-order valence-electron chi connectivity index (χ4n) is 1.40. The van der Waals surface area contributed by atoms with Crippen LogP contribution in [0.3, 0.4) is 0 Å². The maximum atomic E-state index is 11.4. The zero-order valence-electron chi connectivity index (χ0n) is 10.1. The van der Waals surface area contributed by atoms with Crippen LogP contribution < -0.4 is 5.32 Å². The third kappa shape index (κ3) is 3.89. The molecule has 90 valence electrons. The van der Waals surface area contributed by atoms with Crippen molar-refractivity contribution in [3.8, 4) is 6.07 Å². The van der Waals surface area contributed by atoms with Crippen LogP contribution in [-0.4, -0.2) is 18.6 Å². The molecule has 0 radical (unpaired) electrons. The molecule has 1 rings (SSSR count). The Morgan fingerprint density at radius 3 is 2.88 bits per heavy atom. The molecule has 0 aliphatic rings. The second-order valence-corrected chi connectivity index (χ2v) is 3.62. The molecule has 17 heavy (non-hydrogen) atoms. The van der Waals surface area contributed by atoms with Crippen LogP contribution in [-0.2, 0) is 16.1 Å². The molecule has 0 saturated heterocycles. The minimum Gasteiger partial charge on any atom is -0.465 e. The standard InChI is InChI=1S/C13H16N2O2/c1-3-17-13(16)10(2)15-9-12-7-5-4-6-11(12)8-14/h4-7,10,15H,3,9H2,1-2H3. The van der Waals surface area contributed by atoms with Crippen LogP contribution in [0, 0.1) is 11.3 Å². The summed E-state index contributed by atoms with van der Waals surface area (Å²) in [6.45, 7) is 4.37. The Bertz CT molecular complexity index is 424. The van der Waals surface area contributed by atoms with Gasteiger partial charge in [-0.3, -0.25) is 4.79 Å². The topological polar surface area (TPSA) is 62.1 Å². The minimum absolute atomic E-state index is 0.276. The van der Waals surface area contributed by atoms with Gasteiger partial charge in [0, 0.05) is 6.54 Å². The minimum atomic E-state index is -0.373. The van der Waals surface area contributed by atoms with Gasteiger partial charge in [-0.05, 0) is 25.5 Å². The zero-order valence-corrected chi connectivity index (χ0v) is 10.1. The quantitative estimate of drug-likeness (QED) is 0.783. The lowest BCUT2D eigenvalue weighted by molar-refractivity contribution is -0.145. The lowest BCUT2D eigenvalue weighted by atomic mass is 10.1. The van der Waals surface area contributed by atoms with Crippen LogP contribution in [0.15, 0.2) is 24.3 Å². The summed E-state index contributed by atoms with van der Waals surface area (Å²) in [5, 5.41) is 11.9. The molecule has 0 amide bonds. The van der Waals surface area contributed by atoms with Gasteiger partial charge in [0.25, 0.3) is 0 Å². The number of benzene rings is 1. The summed E-state index contributed by atoms with van der Waals surface area (Å²) in [7, 11) is 0. The van der Waals surface area contributed by atoms with Crippen molar-refractivity contribution in [3.63, 3.8) is 0 Å². The van der Waals surface area contributed by atoms with Gasteiger partial charge in [0.1, 0.15) is 6.04 Å². The summed E-state index contributed by atoms with van der Waals surface area (Å²) < 4.78 is 4.88. The number of carbonyl (C=O) groups excluding carboxylic acids is 1. The van der Waals surface area contributed by atoms with E-state index >= 15 is 0 Å². The highest BCUT2D eigenvalue weighted by atomic mass is 16.5. The number of hydrogen-bond acceptors (Lipinski definition) is 4. The van der Waals surface area contributed by atoms with E-state index in [9.17, 15) is 4.79 Å². The Balaban J connectivity index is 2.56. The Hall–Kier alpha value is -1.86. The van der Waals surface area contributed by atoms with Gasteiger partial charge < -0.3 is 10.1 Å². The molecule has 4 nitrogen and oxygen atoms in total. The maximum absolute atomic E-state index is 11.4. The summed E-state index contributed by atoms with van der Waals surface area (Å²) in [6.07, 6.45) is 0. The number of rotatable bonds is 5. The van der Waals surface area contributed by atoms with Crippen molar-refractivity contribution in [1.29, 1.82) is 5.26 Å². The third-order valence-corrected chi connectivity index (χ3v) is 2.38. The predicted molar refractivity (Wildman–Crippen MR) is 64.1 cm³/mol. The first kappa shape index (κ1) is 13.2. The van der Waals surface area contributed by atoms with E-state index in [1.54, 1.807) is 19.9 Å². The Labute approximate surface area is 101 Å². The highest BCUT2D eigenvalue weighted by Gasteiger charge is 2.13. The molecule has 0 aromatic heterocycles. The molecule has 0 bridgehead atoms. The fraction of sp³-hybridized carbons (Fsp3) is 0.385. The van der Waals surface area contributed by atoms with E-state index in [0.717, 1.165) is 5.56 Å². The van der Waals surface area contributed by atoms with Crippen LogP contribution in [0.4, 0.5) is 0 Å². The van der Waals surface area contributed by atoms with E-state index in [1.165, 1.54) is 0 Å². The lowest BCUT2D eigenvalue weighted by Crippen LogP contribution is -2.35. The summed E-state index contributed by atoms with van der Waals surface area (Å²) in [6, 6.07) is 9.05. The van der Waals surface area contributed by atoms with E-state index in [4.69, 9.17) is 10.00 Å². The van der Waals surface area contributed by atoms with Gasteiger partial charge in [0.15, 0.2) is 0 Å². The molecule has 1 aromatic rings. The maximum Gasteiger partial charge on any atom is 0.322 e. The molecule has 0 heterocycles. The fourth-order valence-corrected chi connectivity index (χ4v) is 1.40. The summed E-state index contributed by atoms with van der Waals surface area (Å²) >= 11 is 0. The van der Waals surface area contributed by atoms with Crippen molar-refractivity contribution >= 4 is 5.97 Å². The Morgan fingerprint density at radius 1 is 1.53 bits per heavy atom. The van der Waals surface area contributed by atoms with Crippen molar-refractivity contribution in [2.24, 2.45) is 0 Å². The first-order valence-electron chi connectivity index (χ1n) is 5.57. The first-order valence-corrected chi connectivity index (χ1v) is 5.57. The monoisotopic (exact) mass is 232 g/mol. The average molecular weight is 232 g/mol. The molecule has 1 aromatic carbocycles. The molecule has 1 atom stereocenters. The van der Waals surface area contributed by atoms with Crippen molar-refractivity contribution < 1.29 is 9.53 Å². The molecular weight excluding hydrogens is 216 g/mol. The van der Waals surface area contributed by atoms with Crippen molar-refractivity contribution in [2.75, 3.05) is 6.61 Å². The number of hydrogen-bond donors (Lipinski definition) is 1. The molecule has 1 N–H and O–H groups in total. The van der Waals surface area contributed by atoms with Gasteiger partial charge in [-0.15, -0.1) is 0 Å². The van der Waals surface area contributed by atoms with Crippen LogP contribution in [0.25, 0.3) is 0 Å². The van der Waals surface area contributed by atoms with Crippen LogP contribution in [0.5, 0.6) is 0 Å². The van der Waals surface area contributed by atoms with E-state index in [-0.39, 0.29) is 12.0 Å². The second-order valence-electron chi connectivity index (χ2n) is 3.62. The summed E-state index contributed by atoms with van der Waals surface area (Å²) in [5.41, 5.74) is 1.50. The number of esters is 1. The Morgan fingerprint density at radius 2 is 2.24 bits per heavy atom. The predicted octanol–water partition coefficient (Wildman–Crippen LogP) is 1.60. The molecule has 0 spiro atoms. The van der Waals surface area contributed by atoms with E-state index in [2.05, 4.69) is 11.4 Å². The highest BCUT2D eigenvalue weighted by molar-refractivity contribution is 5.75. The van der Waals surface area contributed by atoms with Crippen molar-refractivity contribution in [3.05, 3.63) is 35.4 Å². The van der Waals surface area contributed by atoms with Gasteiger partial charge in [-0.25, -0.2) is 0 Å². The summed E-state index contributed by atoms with van der Waals surface area (Å²) in [5.74, 6) is -0.276. The number of ether oxygens (including phenoxy) is 1. The number of nitriles is 1. The van der Waals surface area contributed by atoms with Gasteiger partial charge in [0.2, 0.25) is 0 Å². The van der Waals surface area contributed by atoms with Gasteiger partial charge in [0.05, 0.1) is 18.2 Å². The van der Waals surface area contributed by atoms with Gasteiger partial charge in [-0.2, -0.15) is 5.26 Å². The number of nitrogens with zero attached hydrogens (tertiary/aromatic N) is 1. The van der Waals surface area contributed by atoms with Crippen LogP contribution in [0.2, 0.25) is 0 Å².